The maximum atomic E-state index is 10.1. The molecule has 3 nitrogen and oxygen atoms in total. The zero-order valence-corrected chi connectivity index (χ0v) is 6.59. The van der Waals surface area contributed by atoms with E-state index in [4.69, 9.17) is 4.74 Å². The van der Waals surface area contributed by atoms with E-state index in [-0.39, 0.29) is 0 Å². The largest absolute Gasteiger partial charge is 0.380 e. The Bertz CT molecular complexity index is 85.7. The first-order chi connectivity index (χ1) is 4.85. The Balaban J connectivity index is 3.17. The van der Waals surface area contributed by atoms with Crippen LogP contribution in [0.1, 0.15) is 13.8 Å². The fourth-order valence-corrected chi connectivity index (χ4v) is 0.587. The van der Waals surface area contributed by atoms with Gasteiger partial charge in [-0.15, -0.1) is 0 Å². The maximum absolute atomic E-state index is 10.1. The highest BCUT2D eigenvalue weighted by atomic mass is 16.5. The molecular weight excluding hydrogens is 130 g/mol. The lowest BCUT2D eigenvalue weighted by Crippen LogP contribution is -2.25. The zero-order valence-electron chi connectivity index (χ0n) is 6.59. The molecule has 0 aliphatic carbocycles. The Morgan fingerprint density at radius 3 is 2.60 bits per heavy atom. The van der Waals surface area contributed by atoms with E-state index >= 15 is 0 Å². The standard InChI is InChI=1S/C7H14NO2/c1-3-8(7-9)5-6-10-4-2/h3-6H2,1-2H3. The highest BCUT2D eigenvalue weighted by Crippen LogP contribution is 1.81. The molecule has 0 rings (SSSR count). The number of ether oxygens (including phenoxy) is 1. The van der Waals surface area contributed by atoms with Gasteiger partial charge in [-0.25, -0.2) is 0 Å². The molecule has 10 heavy (non-hydrogen) atoms. The molecule has 0 aromatic heterocycles. The van der Waals surface area contributed by atoms with Crippen molar-refractivity contribution in [3.05, 3.63) is 0 Å². The summed E-state index contributed by atoms with van der Waals surface area (Å²) in [7, 11) is 0. The van der Waals surface area contributed by atoms with Crippen LogP contribution in [0.25, 0.3) is 0 Å². The first-order valence-corrected chi connectivity index (χ1v) is 3.55. The number of carbonyl (C=O) groups excluding carboxylic acids is 1. The number of amides is 1. The summed E-state index contributed by atoms with van der Waals surface area (Å²) in [5.74, 6) is 0. The summed E-state index contributed by atoms with van der Waals surface area (Å²) in [6.07, 6.45) is 1.81. The summed E-state index contributed by atoms with van der Waals surface area (Å²) in [6.45, 7) is 6.51. The van der Waals surface area contributed by atoms with Crippen LogP contribution in [0.2, 0.25) is 0 Å². The third-order valence-corrected chi connectivity index (χ3v) is 1.22. The van der Waals surface area contributed by atoms with Gasteiger partial charge in [0.05, 0.1) is 6.61 Å². The van der Waals surface area contributed by atoms with Crippen molar-refractivity contribution in [2.24, 2.45) is 0 Å². The van der Waals surface area contributed by atoms with E-state index < -0.39 is 0 Å². The molecule has 3 heteroatoms. The maximum Gasteiger partial charge on any atom is 0.312 e. The molecule has 0 N–H and O–H groups in total. The zero-order chi connectivity index (χ0) is 7.82. The van der Waals surface area contributed by atoms with Crippen LogP contribution >= 0.6 is 0 Å². The minimum atomic E-state index is 0.611. The molecule has 0 aromatic carbocycles. The summed E-state index contributed by atoms with van der Waals surface area (Å²) in [5, 5.41) is 0. The van der Waals surface area contributed by atoms with Crippen molar-refractivity contribution >= 4 is 6.41 Å². The lowest BCUT2D eigenvalue weighted by atomic mass is 10.5. The van der Waals surface area contributed by atoms with Crippen molar-refractivity contribution in [3.63, 3.8) is 0 Å². The molecule has 0 aliphatic heterocycles. The highest BCUT2D eigenvalue weighted by Gasteiger charge is 1.96. The number of nitrogens with zero attached hydrogens (tertiary/aromatic N) is 1. The van der Waals surface area contributed by atoms with Crippen LogP contribution in [0.15, 0.2) is 0 Å². The van der Waals surface area contributed by atoms with Gasteiger partial charge in [0.25, 0.3) is 0 Å². The Morgan fingerprint density at radius 1 is 1.50 bits per heavy atom. The molecule has 0 saturated heterocycles. The van der Waals surface area contributed by atoms with E-state index in [9.17, 15) is 4.79 Å². The molecule has 0 aliphatic rings. The summed E-state index contributed by atoms with van der Waals surface area (Å²) in [5.41, 5.74) is 0. The van der Waals surface area contributed by atoms with Gasteiger partial charge in [-0.3, -0.25) is 4.79 Å². The van der Waals surface area contributed by atoms with Crippen molar-refractivity contribution in [1.29, 1.82) is 0 Å². The molecular formula is C7H14NO2. The molecule has 0 aromatic rings. The van der Waals surface area contributed by atoms with E-state index in [1.807, 2.05) is 20.3 Å². The molecule has 1 amide bonds. The minimum Gasteiger partial charge on any atom is -0.380 e. The third-order valence-electron chi connectivity index (χ3n) is 1.22. The first kappa shape index (κ1) is 9.43. The van der Waals surface area contributed by atoms with Crippen LogP contribution in [0, 0.1) is 0 Å². The van der Waals surface area contributed by atoms with Crippen molar-refractivity contribution in [3.8, 4) is 0 Å². The van der Waals surface area contributed by atoms with Gasteiger partial charge in [0.15, 0.2) is 0 Å². The molecule has 0 saturated carbocycles. The van der Waals surface area contributed by atoms with Gasteiger partial charge >= 0.3 is 6.41 Å². The quantitative estimate of drug-likeness (QED) is 0.399. The Labute approximate surface area is 62.0 Å². The van der Waals surface area contributed by atoms with Crippen LogP contribution in [0.4, 0.5) is 0 Å². The summed E-state index contributed by atoms with van der Waals surface area (Å²) in [6, 6.07) is 0. The monoisotopic (exact) mass is 144 g/mol. The van der Waals surface area contributed by atoms with Crippen molar-refractivity contribution in [1.82, 2.24) is 4.90 Å². The van der Waals surface area contributed by atoms with Gasteiger partial charge in [0, 0.05) is 19.7 Å². The van der Waals surface area contributed by atoms with Crippen LogP contribution in [-0.2, 0) is 9.53 Å². The average Bonchev–Trinajstić information content (AvgIpc) is 1.99. The van der Waals surface area contributed by atoms with E-state index in [2.05, 4.69) is 0 Å². The Morgan fingerprint density at radius 2 is 2.20 bits per heavy atom. The van der Waals surface area contributed by atoms with Gasteiger partial charge in [-0.1, -0.05) is 0 Å². The lowest BCUT2D eigenvalue weighted by molar-refractivity contribution is 0.132. The van der Waals surface area contributed by atoms with Gasteiger partial charge < -0.3 is 9.64 Å². The van der Waals surface area contributed by atoms with E-state index in [1.54, 1.807) is 4.90 Å². The van der Waals surface area contributed by atoms with Gasteiger partial charge in [-0.2, -0.15) is 0 Å². The summed E-state index contributed by atoms with van der Waals surface area (Å²) < 4.78 is 5.05. The molecule has 59 valence electrons. The molecule has 0 spiro atoms. The predicted molar refractivity (Wildman–Crippen MR) is 39.4 cm³/mol. The number of likely N-dealkylation sites (N-methyl/N-ethyl adjacent to an activating group) is 1. The normalized spacial score (nSPS) is 9.40. The fraction of sp³-hybridized carbons (Fsp3) is 0.857. The van der Waals surface area contributed by atoms with Crippen molar-refractivity contribution in [2.75, 3.05) is 26.3 Å². The topological polar surface area (TPSA) is 29.5 Å². The smallest absolute Gasteiger partial charge is 0.312 e. The molecule has 0 bridgehead atoms. The number of hydrogen-bond donors (Lipinski definition) is 0. The van der Waals surface area contributed by atoms with Crippen LogP contribution in [-0.4, -0.2) is 37.6 Å². The molecule has 1 radical (unpaired) electrons. The molecule has 0 atom stereocenters. The second kappa shape index (κ2) is 6.55. The molecule has 0 unspecified atom stereocenters. The Kier molecular flexibility index (Phi) is 6.18. The fourth-order valence-electron chi connectivity index (χ4n) is 0.587. The molecule has 0 fully saturated rings. The van der Waals surface area contributed by atoms with Gasteiger partial charge in [0.1, 0.15) is 0 Å². The van der Waals surface area contributed by atoms with Crippen LogP contribution in [0.5, 0.6) is 0 Å². The van der Waals surface area contributed by atoms with E-state index in [0.29, 0.717) is 26.3 Å². The van der Waals surface area contributed by atoms with Crippen LogP contribution < -0.4 is 0 Å². The lowest BCUT2D eigenvalue weighted by Gasteiger charge is -2.12. The van der Waals surface area contributed by atoms with Gasteiger partial charge in [-0.05, 0) is 13.8 Å². The van der Waals surface area contributed by atoms with E-state index in [0.717, 1.165) is 0 Å². The highest BCUT2D eigenvalue weighted by molar-refractivity contribution is 5.47. The average molecular weight is 144 g/mol. The number of hydrogen-bond acceptors (Lipinski definition) is 2. The third kappa shape index (κ3) is 4.32. The van der Waals surface area contributed by atoms with Crippen LogP contribution in [0.3, 0.4) is 0 Å². The molecule has 0 heterocycles. The van der Waals surface area contributed by atoms with Gasteiger partial charge in [0.2, 0.25) is 0 Å². The number of rotatable bonds is 6. The predicted octanol–water partition coefficient (Wildman–Crippen LogP) is 0.412. The second-order valence-corrected chi connectivity index (χ2v) is 1.87. The first-order valence-electron chi connectivity index (χ1n) is 3.55. The minimum absolute atomic E-state index is 0.611. The second-order valence-electron chi connectivity index (χ2n) is 1.87. The van der Waals surface area contributed by atoms with E-state index in [1.165, 1.54) is 0 Å². The SMILES string of the molecule is CCOCCN([C]=O)CC. The Hall–Kier alpha value is -0.570. The summed E-state index contributed by atoms with van der Waals surface area (Å²) >= 11 is 0. The summed E-state index contributed by atoms with van der Waals surface area (Å²) in [4.78, 5) is 11.6. The van der Waals surface area contributed by atoms with Crippen molar-refractivity contribution in [2.45, 2.75) is 13.8 Å². The van der Waals surface area contributed by atoms with Crippen molar-refractivity contribution < 1.29 is 9.53 Å².